The fraction of sp³-hybridized carbons (Fsp3) is 0.227. The van der Waals surface area contributed by atoms with E-state index in [9.17, 15) is 45.0 Å². The Morgan fingerprint density at radius 3 is 2.03 bits per heavy atom. The average Bonchev–Trinajstić information content (AvgIpc) is 2.82. The Hall–Kier alpha value is -3.77. The number of hydrogen-bond acceptors (Lipinski definition) is 11. The molecule has 0 saturated carbocycles. The second-order valence-electron chi connectivity index (χ2n) is 6.89. The summed E-state index contributed by atoms with van der Waals surface area (Å²) in [5.74, 6) is -6.85. The maximum Gasteiger partial charge on any atom is 0.339 e. The first-order chi connectivity index (χ1) is 15.6. The Morgan fingerprint density at radius 1 is 0.909 bits per heavy atom. The fourth-order valence-electron chi connectivity index (χ4n) is 2.66. The molecule has 2 aromatic rings. The number of phenolic OH excluding ortho intramolecular Hbond substituents is 3. The molecule has 33 heavy (non-hydrogen) atoms. The van der Waals surface area contributed by atoms with Gasteiger partial charge >= 0.3 is 5.97 Å². The van der Waals surface area contributed by atoms with Gasteiger partial charge in [0.2, 0.25) is 11.6 Å². The van der Waals surface area contributed by atoms with Crippen LogP contribution in [0, 0.1) is 0 Å². The third-order valence-corrected chi connectivity index (χ3v) is 4.51. The molecule has 11 nitrogen and oxygen atoms in total. The first kappa shape index (κ1) is 25.5. The van der Waals surface area contributed by atoms with Gasteiger partial charge in [-0.3, -0.25) is 9.59 Å². The lowest BCUT2D eigenvalue weighted by Crippen LogP contribution is -2.51. The quantitative estimate of drug-likeness (QED) is 0.101. The molecule has 11 heteroatoms. The van der Waals surface area contributed by atoms with Crippen LogP contribution in [-0.4, -0.2) is 84.3 Å². The Kier molecular flexibility index (Phi) is 8.65. The zero-order valence-electron chi connectivity index (χ0n) is 17.0. The standard InChI is InChI=1S/C22H22O11/c23-10-16(27)18(29)20(31)21(19(30)13(24)7-6-11-4-2-1-3-5-11)33-22(32)12-8-14(25)17(28)15(26)9-12/h1-9,16,18,20-21,23,25-29,31H,10H2/t16-,18-,20+,21+/m1/s1. The molecule has 4 atom stereocenters. The number of aliphatic hydroxyl groups is 4. The zero-order chi connectivity index (χ0) is 24.7. The van der Waals surface area contributed by atoms with E-state index in [1.54, 1.807) is 30.3 Å². The normalized spacial score (nSPS) is 14.9. The van der Waals surface area contributed by atoms with E-state index in [2.05, 4.69) is 0 Å². The number of phenols is 3. The lowest BCUT2D eigenvalue weighted by Gasteiger charge is -2.27. The first-order valence-electron chi connectivity index (χ1n) is 9.49. The maximum atomic E-state index is 12.6. The van der Waals surface area contributed by atoms with Crippen molar-refractivity contribution in [1.82, 2.24) is 0 Å². The van der Waals surface area contributed by atoms with Crippen LogP contribution in [0.4, 0.5) is 0 Å². The molecule has 0 amide bonds. The molecule has 0 aliphatic rings. The van der Waals surface area contributed by atoms with Crippen LogP contribution in [-0.2, 0) is 14.3 Å². The minimum absolute atomic E-state index is 0.554. The van der Waals surface area contributed by atoms with E-state index in [0.29, 0.717) is 17.7 Å². The number of hydrogen-bond donors (Lipinski definition) is 7. The molecule has 0 aliphatic carbocycles. The van der Waals surface area contributed by atoms with Gasteiger partial charge in [0.05, 0.1) is 12.2 Å². The summed E-state index contributed by atoms with van der Waals surface area (Å²) in [7, 11) is 0. The number of esters is 1. The smallest absolute Gasteiger partial charge is 0.339 e. The van der Waals surface area contributed by atoms with E-state index in [-0.39, 0.29) is 0 Å². The van der Waals surface area contributed by atoms with Gasteiger partial charge in [-0.05, 0) is 23.8 Å². The number of aromatic hydroxyl groups is 3. The van der Waals surface area contributed by atoms with Gasteiger partial charge in [-0.25, -0.2) is 4.79 Å². The summed E-state index contributed by atoms with van der Waals surface area (Å²) in [5.41, 5.74) is -0.0178. The van der Waals surface area contributed by atoms with Crippen LogP contribution in [0.2, 0.25) is 0 Å². The van der Waals surface area contributed by atoms with Gasteiger partial charge in [0, 0.05) is 0 Å². The predicted octanol–water partition coefficient (Wildman–Crippen LogP) is -0.745. The third kappa shape index (κ3) is 6.37. The van der Waals surface area contributed by atoms with E-state index < -0.39 is 71.4 Å². The summed E-state index contributed by atoms with van der Waals surface area (Å²) >= 11 is 0. The van der Waals surface area contributed by atoms with Crippen LogP contribution < -0.4 is 0 Å². The highest BCUT2D eigenvalue weighted by atomic mass is 16.6. The summed E-state index contributed by atoms with van der Waals surface area (Å²) in [6.45, 7) is -1.02. The van der Waals surface area contributed by atoms with Gasteiger partial charge in [-0.15, -0.1) is 0 Å². The van der Waals surface area contributed by atoms with Crippen molar-refractivity contribution in [3.63, 3.8) is 0 Å². The molecule has 2 aromatic carbocycles. The van der Waals surface area contributed by atoms with E-state index in [0.717, 1.165) is 6.08 Å². The SMILES string of the molecule is O=C(C=Cc1ccccc1)C(=O)[C@H](OC(=O)c1cc(O)c(O)c(O)c1)[C@@H](O)[C@H](O)[C@H](O)CO. The van der Waals surface area contributed by atoms with Crippen molar-refractivity contribution >= 4 is 23.6 Å². The van der Waals surface area contributed by atoms with Gasteiger partial charge in [0.1, 0.15) is 18.3 Å². The summed E-state index contributed by atoms with van der Waals surface area (Å²) in [4.78, 5) is 37.4. The van der Waals surface area contributed by atoms with Crippen molar-refractivity contribution in [3.8, 4) is 17.2 Å². The average molecular weight is 462 g/mol. The number of ketones is 2. The van der Waals surface area contributed by atoms with Gasteiger partial charge in [-0.1, -0.05) is 36.4 Å². The monoisotopic (exact) mass is 462 g/mol. The molecule has 7 N–H and O–H groups in total. The lowest BCUT2D eigenvalue weighted by atomic mass is 9.97. The third-order valence-electron chi connectivity index (χ3n) is 4.51. The van der Waals surface area contributed by atoms with Gasteiger partial charge in [-0.2, -0.15) is 0 Å². The van der Waals surface area contributed by atoms with Crippen LogP contribution in [0.3, 0.4) is 0 Å². The van der Waals surface area contributed by atoms with Gasteiger partial charge in [0.15, 0.2) is 23.4 Å². The number of rotatable bonds is 10. The molecule has 0 spiro atoms. The van der Waals surface area contributed by atoms with E-state index >= 15 is 0 Å². The highest BCUT2D eigenvalue weighted by Crippen LogP contribution is 2.35. The van der Waals surface area contributed by atoms with Crippen molar-refractivity contribution in [3.05, 3.63) is 59.7 Å². The molecule has 0 radical (unpaired) electrons. The maximum absolute atomic E-state index is 12.6. The van der Waals surface area contributed by atoms with Crippen LogP contribution in [0.15, 0.2) is 48.5 Å². The number of Topliss-reactive ketones (excluding diaryl/α,β-unsaturated/α-hetero) is 1. The Balaban J connectivity index is 2.32. The molecular weight excluding hydrogens is 440 g/mol. The molecule has 0 unspecified atom stereocenters. The molecule has 0 bridgehead atoms. The number of carbonyl (C=O) groups is 3. The Labute approximate surface area is 187 Å². The fourth-order valence-corrected chi connectivity index (χ4v) is 2.66. The van der Waals surface area contributed by atoms with E-state index in [4.69, 9.17) is 9.84 Å². The van der Waals surface area contributed by atoms with Crippen LogP contribution >= 0.6 is 0 Å². The Bertz CT molecular complexity index is 1010. The van der Waals surface area contributed by atoms with Crippen molar-refractivity contribution in [2.75, 3.05) is 6.61 Å². The van der Waals surface area contributed by atoms with Crippen LogP contribution in [0.5, 0.6) is 17.2 Å². The highest BCUT2D eigenvalue weighted by molar-refractivity contribution is 6.44. The lowest BCUT2D eigenvalue weighted by molar-refractivity contribution is -0.153. The van der Waals surface area contributed by atoms with Crippen LogP contribution in [0.1, 0.15) is 15.9 Å². The minimum atomic E-state index is -2.34. The van der Waals surface area contributed by atoms with Gasteiger partial charge in [0.25, 0.3) is 0 Å². The predicted molar refractivity (Wildman–Crippen MR) is 111 cm³/mol. The molecule has 0 saturated heterocycles. The van der Waals surface area contributed by atoms with Crippen molar-refractivity contribution in [2.45, 2.75) is 24.4 Å². The molecule has 0 fully saturated rings. The number of ether oxygens (including phenoxy) is 1. The molecule has 0 heterocycles. The summed E-state index contributed by atoms with van der Waals surface area (Å²) < 4.78 is 4.85. The summed E-state index contributed by atoms with van der Waals surface area (Å²) in [6, 6.07) is 9.70. The first-order valence-corrected chi connectivity index (χ1v) is 9.49. The number of aliphatic hydroxyl groups excluding tert-OH is 4. The molecule has 0 aliphatic heterocycles. The number of carbonyl (C=O) groups excluding carboxylic acids is 3. The topological polar surface area (TPSA) is 202 Å². The van der Waals surface area contributed by atoms with Crippen LogP contribution in [0.25, 0.3) is 6.08 Å². The van der Waals surface area contributed by atoms with E-state index in [1.807, 2.05) is 0 Å². The number of benzene rings is 2. The van der Waals surface area contributed by atoms with Crippen molar-refractivity contribution < 1.29 is 54.9 Å². The van der Waals surface area contributed by atoms with E-state index in [1.165, 1.54) is 6.08 Å². The molecule has 2 rings (SSSR count). The van der Waals surface area contributed by atoms with Crippen molar-refractivity contribution in [2.24, 2.45) is 0 Å². The zero-order valence-corrected chi connectivity index (χ0v) is 17.0. The summed E-state index contributed by atoms with van der Waals surface area (Å²) in [6.07, 6.45) is -6.68. The number of allylic oxidation sites excluding steroid dienone is 1. The second kappa shape index (κ2) is 11.2. The van der Waals surface area contributed by atoms with Crippen molar-refractivity contribution in [1.29, 1.82) is 0 Å². The molecule has 0 aromatic heterocycles. The minimum Gasteiger partial charge on any atom is -0.504 e. The second-order valence-corrected chi connectivity index (χ2v) is 6.89. The highest BCUT2D eigenvalue weighted by Gasteiger charge is 2.40. The molecular formula is C22H22O11. The largest absolute Gasteiger partial charge is 0.504 e. The Morgan fingerprint density at radius 2 is 1.48 bits per heavy atom. The molecule has 176 valence electrons. The van der Waals surface area contributed by atoms with Gasteiger partial charge < -0.3 is 40.5 Å². The summed E-state index contributed by atoms with van der Waals surface area (Å²) in [5, 5.41) is 67.3.